The number of hydrogen-bond acceptors (Lipinski definition) is 6. The predicted molar refractivity (Wildman–Crippen MR) is 97.7 cm³/mol. The van der Waals surface area contributed by atoms with E-state index in [0.717, 1.165) is 40.8 Å². The van der Waals surface area contributed by atoms with Crippen LogP contribution < -0.4 is 10.5 Å². The lowest BCUT2D eigenvalue weighted by Crippen LogP contribution is -2.33. The highest BCUT2D eigenvalue weighted by atomic mass is 16.5. The van der Waals surface area contributed by atoms with E-state index < -0.39 is 0 Å². The molecule has 0 bridgehead atoms. The summed E-state index contributed by atoms with van der Waals surface area (Å²) in [7, 11) is 3.07. The number of esters is 1. The minimum absolute atomic E-state index is 0.0538. The molecule has 2 N–H and O–H groups in total. The monoisotopic (exact) mass is 352 g/mol. The van der Waals surface area contributed by atoms with Gasteiger partial charge in [0.15, 0.2) is 0 Å². The largest absolute Gasteiger partial charge is 0.497 e. The molecule has 4 rings (SSSR count). The topological polar surface area (TPSA) is 92.3 Å². The summed E-state index contributed by atoms with van der Waals surface area (Å²) in [4.78, 5) is 20.3. The van der Waals surface area contributed by atoms with Crippen molar-refractivity contribution < 1.29 is 14.3 Å². The summed E-state index contributed by atoms with van der Waals surface area (Å²) in [5.74, 6) is 1.01. The molecule has 1 aliphatic rings. The van der Waals surface area contributed by atoms with Gasteiger partial charge < -0.3 is 19.8 Å². The first-order chi connectivity index (χ1) is 12.6. The molecule has 26 heavy (non-hydrogen) atoms. The molecule has 134 valence electrons. The summed E-state index contributed by atoms with van der Waals surface area (Å²) < 4.78 is 12.3. The minimum atomic E-state index is -0.153. The molecule has 0 amide bonds. The Hall–Kier alpha value is -3.09. The molecule has 1 fully saturated rings. The van der Waals surface area contributed by atoms with Crippen LogP contribution in [0.5, 0.6) is 5.75 Å². The second kappa shape index (κ2) is 6.33. The fourth-order valence-electron chi connectivity index (χ4n) is 3.57. The number of nitrogens with two attached hydrogens (primary N) is 1. The smallest absolute Gasteiger partial charge is 0.308 e. The van der Waals surface area contributed by atoms with Crippen LogP contribution in [0.4, 0.5) is 5.82 Å². The molecule has 1 saturated carbocycles. The number of methoxy groups -OCH3 is 2. The zero-order valence-corrected chi connectivity index (χ0v) is 14.7. The van der Waals surface area contributed by atoms with Gasteiger partial charge in [-0.2, -0.15) is 0 Å². The van der Waals surface area contributed by atoms with Crippen molar-refractivity contribution in [3.05, 3.63) is 36.8 Å². The molecule has 2 aromatic heterocycles. The van der Waals surface area contributed by atoms with E-state index in [0.29, 0.717) is 5.82 Å². The Bertz CT molecular complexity index is 976. The van der Waals surface area contributed by atoms with Crippen LogP contribution in [-0.2, 0) is 9.53 Å². The van der Waals surface area contributed by atoms with Crippen molar-refractivity contribution in [2.24, 2.45) is 5.92 Å². The van der Waals surface area contributed by atoms with E-state index >= 15 is 0 Å². The van der Waals surface area contributed by atoms with Gasteiger partial charge in [0.2, 0.25) is 0 Å². The van der Waals surface area contributed by atoms with Crippen LogP contribution >= 0.6 is 0 Å². The summed E-state index contributed by atoms with van der Waals surface area (Å²) in [6.45, 7) is 0. The number of rotatable bonds is 4. The van der Waals surface area contributed by atoms with Gasteiger partial charge in [-0.05, 0) is 30.5 Å². The average Bonchev–Trinajstić information content (AvgIpc) is 3.01. The Labute approximate surface area is 150 Å². The zero-order chi connectivity index (χ0) is 18.3. The second-order valence-corrected chi connectivity index (χ2v) is 6.48. The quantitative estimate of drug-likeness (QED) is 0.726. The number of hydrogen-bond donors (Lipinski definition) is 1. The van der Waals surface area contributed by atoms with Gasteiger partial charge in [0.25, 0.3) is 0 Å². The van der Waals surface area contributed by atoms with Crippen LogP contribution in [0.25, 0.3) is 22.2 Å². The van der Waals surface area contributed by atoms with E-state index in [1.807, 2.05) is 30.5 Å². The SMILES string of the molecule is COC(=O)C1CC(n2cc(-c3cccc(OC)c3)c3c(N)ncnc32)C1. The number of nitrogens with zero attached hydrogens (tertiary/aromatic N) is 3. The summed E-state index contributed by atoms with van der Waals surface area (Å²) in [6, 6.07) is 7.99. The molecule has 0 spiro atoms. The molecule has 0 aliphatic heterocycles. The maximum Gasteiger partial charge on any atom is 0.308 e. The lowest BCUT2D eigenvalue weighted by Gasteiger charge is -2.34. The van der Waals surface area contributed by atoms with Crippen LogP contribution in [0, 0.1) is 5.92 Å². The van der Waals surface area contributed by atoms with Crippen molar-refractivity contribution in [3.63, 3.8) is 0 Å². The van der Waals surface area contributed by atoms with E-state index in [1.165, 1.54) is 13.4 Å². The number of aromatic nitrogens is 3. The number of carbonyl (C=O) groups is 1. The molecule has 1 aliphatic carbocycles. The van der Waals surface area contributed by atoms with E-state index in [9.17, 15) is 4.79 Å². The molecule has 0 unspecified atom stereocenters. The van der Waals surface area contributed by atoms with E-state index in [-0.39, 0.29) is 17.9 Å². The van der Waals surface area contributed by atoms with Crippen molar-refractivity contribution in [3.8, 4) is 16.9 Å². The highest BCUT2D eigenvalue weighted by Crippen LogP contribution is 2.43. The van der Waals surface area contributed by atoms with Crippen molar-refractivity contribution in [1.29, 1.82) is 0 Å². The minimum Gasteiger partial charge on any atom is -0.497 e. The summed E-state index contributed by atoms with van der Waals surface area (Å²) in [5, 5.41) is 0.822. The fourth-order valence-corrected chi connectivity index (χ4v) is 3.57. The van der Waals surface area contributed by atoms with Crippen LogP contribution in [0.3, 0.4) is 0 Å². The van der Waals surface area contributed by atoms with Gasteiger partial charge >= 0.3 is 5.97 Å². The van der Waals surface area contributed by atoms with Crippen LogP contribution in [0.2, 0.25) is 0 Å². The summed E-state index contributed by atoms with van der Waals surface area (Å²) in [6.07, 6.45) is 4.98. The van der Waals surface area contributed by atoms with Gasteiger partial charge in [0.1, 0.15) is 23.5 Å². The second-order valence-electron chi connectivity index (χ2n) is 6.48. The van der Waals surface area contributed by atoms with Crippen molar-refractivity contribution in [2.45, 2.75) is 18.9 Å². The van der Waals surface area contributed by atoms with Crippen LogP contribution in [0.1, 0.15) is 18.9 Å². The molecule has 0 radical (unpaired) electrons. The highest BCUT2D eigenvalue weighted by molar-refractivity contribution is 6.00. The third-order valence-electron chi connectivity index (χ3n) is 5.06. The third-order valence-corrected chi connectivity index (χ3v) is 5.06. The van der Waals surface area contributed by atoms with E-state index in [2.05, 4.69) is 14.5 Å². The van der Waals surface area contributed by atoms with Gasteiger partial charge in [-0.15, -0.1) is 0 Å². The number of fused-ring (bicyclic) bond motifs is 1. The van der Waals surface area contributed by atoms with Crippen molar-refractivity contribution >= 4 is 22.8 Å². The van der Waals surface area contributed by atoms with Crippen LogP contribution in [0.15, 0.2) is 36.8 Å². The first kappa shape index (κ1) is 16.4. The fraction of sp³-hybridized carbons (Fsp3) is 0.316. The van der Waals surface area contributed by atoms with Crippen molar-refractivity contribution in [1.82, 2.24) is 14.5 Å². The molecule has 3 aromatic rings. The van der Waals surface area contributed by atoms with Gasteiger partial charge in [-0.1, -0.05) is 12.1 Å². The summed E-state index contributed by atoms with van der Waals surface area (Å²) >= 11 is 0. The molecule has 7 heteroatoms. The van der Waals surface area contributed by atoms with Crippen molar-refractivity contribution in [2.75, 3.05) is 20.0 Å². The molecule has 1 aromatic carbocycles. The standard InChI is InChI=1S/C19H20N4O3/c1-25-14-5-3-4-11(8-14)15-9-23(13-6-12(7-13)19(24)26-2)18-16(15)17(20)21-10-22-18/h3-5,8-10,12-13H,6-7H2,1-2H3,(H2,20,21,22). The number of anilines is 1. The molecule has 0 atom stereocenters. The van der Waals surface area contributed by atoms with Crippen LogP contribution in [-0.4, -0.2) is 34.7 Å². The van der Waals surface area contributed by atoms with Gasteiger partial charge in [0.05, 0.1) is 25.5 Å². The maximum atomic E-state index is 11.7. The lowest BCUT2D eigenvalue weighted by atomic mass is 9.80. The molecule has 0 saturated heterocycles. The first-order valence-corrected chi connectivity index (χ1v) is 8.45. The Morgan fingerprint density at radius 2 is 2.08 bits per heavy atom. The number of ether oxygens (including phenoxy) is 2. The number of carbonyl (C=O) groups excluding carboxylic acids is 1. The Kier molecular flexibility index (Phi) is 3.99. The molecule has 2 heterocycles. The van der Waals surface area contributed by atoms with E-state index in [4.69, 9.17) is 15.2 Å². The van der Waals surface area contributed by atoms with Gasteiger partial charge in [0, 0.05) is 17.8 Å². The molecular formula is C19H20N4O3. The molecular weight excluding hydrogens is 332 g/mol. The summed E-state index contributed by atoms with van der Waals surface area (Å²) in [5.41, 5.74) is 8.89. The third kappa shape index (κ3) is 2.56. The van der Waals surface area contributed by atoms with Gasteiger partial charge in [-0.25, -0.2) is 9.97 Å². The molecule has 7 nitrogen and oxygen atoms in total. The maximum absolute atomic E-state index is 11.7. The predicted octanol–water partition coefficient (Wildman–Crippen LogP) is 2.81. The zero-order valence-electron chi connectivity index (χ0n) is 14.7. The number of benzene rings is 1. The normalized spacial score (nSPS) is 19.2. The first-order valence-electron chi connectivity index (χ1n) is 8.45. The average molecular weight is 352 g/mol. The lowest BCUT2D eigenvalue weighted by molar-refractivity contribution is -0.149. The van der Waals surface area contributed by atoms with E-state index in [1.54, 1.807) is 7.11 Å². The Morgan fingerprint density at radius 1 is 1.27 bits per heavy atom. The Morgan fingerprint density at radius 3 is 2.81 bits per heavy atom. The van der Waals surface area contributed by atoms with Gasteiger partial charge in [-0.3, -0.25) is 4.79 Å². The highest BCUT2D eigenvalue weighted by Gasteiger charge is 2.37. The number of nitrogen functional groups attached to an aromatic ring is 1. The Balaban J connectivity index is 1.79.